The first kappa shape index (κ1) is 16.4. The van der Waals surface area contributed by atoms with Gasteiger partial charge in [-0.1, -0.05) is 43.7 Å². The van der Waals surface area contributed by atoms with Crippen LogP contribution in [0.1, 0.15) is 37.1 Å². The highest BCUT2D eigenvalue weighted by Gasteiger charge is 2.26. The minimum Gasteiger partial charge on any atom is -0.396 e. The number of nitrogens with zero attached hydrogens (tertiary/aromatic N) is 3. The number of benzene rings is 1. The Kier molecular flexibility index (Phi) is 4.53. The molecule has 1 aliphatic rings. The highest BCUT2D eigenvalue weighted by Crippen LogP contribution is 2.33. The van der Waals surface area contributed by atoms with Crippen LogP contribution in [0.2, 0.25) is 0 Å². The van der Waals surface area contributed by atoms with Gasteiger partial charge in [0.2, 0.25) is 0 Å². The fraction of sp³-hybridized carbons (Fsp3) is 0.450. The Morgan fingerprint density at radius 2 is 1.79 bits per heavy atom. The SMILES string of the molecule is Cc1ccc(Cn2c(C#N)cc(N)c2N2C[C@@H](C)C[C@H](C)C2)cc1. The summed E-state index contributed by atoms with van der Waals surface area (Å²) in [6.07, 6.45) is 1.25. The largest absolute Gasteiger partial charge is 0.396 e. The Hall–Kier alpha value is -2.41. The molecule has 2 atom stereocenters. The van der Waals surface area contributed by atoms with E-state index in [9.17, 15) is 5.26 Å². The molecule has 1 aliphatic heterocycles. The van der Waals surface area contributed by atoms with Gasteiger partial charge in [0.25, 0.3) is 0 Å². The van der Waals surface area contributed by atoms with Gasteiger partial charge in [-0.2, -0.15) is 5.26 Å². The summed E-state index contributed by atoms with van der Waals surface area (Å²) in [4.78, 5) is 2.36. The van der Waals surface area contributed by atoms with Gasteiger partial charge in [0.05, 0.1) is 12.2 Å². The smallest absolute Gasteiger partial charge is 0.133 e. The summed E-state index contributed by atoms with van der Waals surface area (Å²) in [6, 6.07) is 12.6. The minimum atomic E-state index is 0.633. The van der Waals surface area contributed by atoms with Crippen LogP contribution in [0.25, 0.3) is 0 Å². The molecule has 24 heavy (non-hydrogen) atoms. The average molecular weight is 322 g/mol. The molecule has 0 amide bonds. The van der Waals surface area contributed by atoms with Crippen molar-refractivity contribution in [2.24, 2.45) is 11.8 Å². The summed E-state index contributed by atoms with van der Waals surface area (Å²) in [7, 11) is 0. The van der Waals surface area contributed by atoms with Crippen LogP contribution in [-0.4, -0.2) is 17.7 Å². The van der Waals surface area contributed by atoms with Crippen LogP contribution in [0.15, 0.2) is 30.3 Å². The van der Waals surface area contributed by atoms with Gasteiger partial charge in [-0.05, 0) is 36.8 Å². The minimum absolute atomic E-state index is 0.633. The lowest BCUT2D eigenvalue weighted by Gasteiger charge is -2.37. The number of anilines is 2. The average Bonchev–Trinajstić information content (AvgIpc) is 2.84. The summed E-state index contributed by atoms with van der Waals surface area (Å²) in [6.45, 7) is 9.33. The number of hydrogen-bond donors (Lipinski definition) is 1. The van der Waals surface area contributed by atoms with Crippen molar-refractivity contribution in [1.29, 1.82) is 5.26 Å². The molecule has 1 aromatic heterocycles. The standard InChI is InChI=1S/C20H26N4/c1-14-4-6-17(7-5-14)13-24-18(10-21)9-19(22)20(24)23-11-15(2)8-16(3)12-23/h4-7,9,15-16H,8,11-13,22H2,1-3H3/t15-,16-/m0/s1. The lowest BCUT2D eigenvalue weighted by atomic mass is 9.92. The molecule has 2 N–H and O–H groups in total. The highest BCUT2D eigenvalue weighted by molar-refractivity contribution is 5.68. The van der Waals surface area contributed by atoms with E-state index in [1.807, 2.05) is 6.07 Å². The quantitative estimate of drug-likeness (QED) is 0.935. The summed E-state index contributed by atoms with van der Waals surface area (Å²) in [5.41, 5.74) is 10.1. The van der Waals surface area contributed by atoms with Gasteiger partial charge in [0.15, 0.2) is 0 Å². The van der Waals surface area contributed by atoms with Crippen molar-refractivity contribution in [3.63, 3.8) is 0 Å². The van der Waals surface area contributed by atoms with Crippen molar-refractivity contribution < 1.29 is 0 Å². The summed E-state index contributed by atoms with van der Waals surface area (Å²) < 4.78 is 2.07. The van der Waals surface area contributed by atoms with Crippen molar-refractivity contribution in [3.8, 4) is 6.07 Å². The van der Waals surface area contributed by atoms with Crippen molar-refractivity contribution in [1.82, 2.24) is 4.57 Å². The molecule has 4 heteroatoms. The number of aryl methyl sites for hydroxylation is 1. The molecule has 0 bridgehead atoms. The third kappa shape index (κ3) is 3.26. The van der Waals surface area contributed by atoms with Crippen LogP contribution < -0.4 is 10.6 Å². The van der Waals surface area contributed by atoms with E-state index in [0.29, 0.717) is 29.8 Å². The Morgan fingerprint density at radius 1 is 1.17 bits per heavy atom. The molecule has 1 aromatic carbocycles. The number of nitriles is 1. The molecule has 0 spiro atoms. The van der Waals surface area contributed by atoms with E-state index in [-0.39, 0.29) is 0 Å². The highest BCUT2D eigenvalue weighted by atomic mass is 15.3. The molecule has 0 saturated carbocycles. The van der Waals surface area contributed by atoms with E-state index in [0.717, 1.165) is 18.9 Å². The van der Waals surface area contributed by atoms with Gasteiger partial charge in [-0.25, -0.2) is 0 Å². The van der Waals surface area contributed by atoms with Gasteiger partial charge in [0, 0.05) is 13.1 Å². The molecule has 2 heterocycles. The summed E-state index contributed by atoms with van der Waals surface area (Å²) in [5.74, 6) is 2.29. The third-order valence-corrected chi connectivity index (χ3v) is 4.84. The molecule has 0 radical (unpaired) electrons. The number of hydrogen-bond acceptors (Lipinski definition) is 3. The van der Waals surface area contributed by atoms with Crippen LogP contribution in [0.5, 0.6) is 0 Å². The van der Waals surface area contributed by atoms with Crippen LogP contribution in [-0.2, 0) is 6.54 Å². The van der Waals surface area contributed by atoms with Crippen LogP contribution in [0.4, 0.5) is 11.5 Å². The van der Waals surface area contributed by atoms with Crippen LogP contribution in [0, 0.1) is 30.1 Å². The van der Waals surface area contributed by atoms with Crippen molar-refractivity contribution >= 4 is 11.5 Å². The third-order valence-electron chi connectivity index (χ3n) is 4.84. The lowest BCUT2D eigenvalue weighted by molar-refractivity contribution is 0.353. The molecule has 1 fully saturated rings. The fourth-order valence-corrected chi connectivity index (χ4v) is 3.88. The predicted molar refractivity (Wildman–Crippen MR) is 99.0 cm³/mol. The molecule has 2 aromatic rings. The zero-order valence-corrected chi connectivity index (χ0v) is 14.8. The molecular weight excluding hydrogens is 296 g/mol. The topological polar surface area (TPSA) is 58.0 Å². The van der Waals surface area contributed by atoms with Gasteiger partial charge in [-0.3, -0.25) is 0 Å². The van der Waals surface area contributed by atoms with Gasteiger partial charge in [0.1, 0.15) is 17.6 Å². The van der Waals surface area contributed by atoms with Crippen molar-refractivity contribution in [2.75, 3.05) is 23.7 Å². The number of nitrogen functional groups attached to an aromatic ring is 1. The molecule has 0 unspecified atom stereocenters. The maximum Gasteiger partial charge on any atom is 0.133 e. The Balaban J connectivity index is 1.98. The van der Waals surface area contributed by atoms with Gasteiger partial charge < -0.3 is 15.2 Å². The summed E-state index contributed by atoms with van der Waals surface area (Å²) >= 11 is 0. The van der Waals surface area contributed by atoms with E-state index in [1.54, 1.807) is 0 Å². The van der Waals surface area contributed by atoms with Crippen LogP contribution in [0.3, 0.4) is 0 Å². The Bertz CT molecular complexity index is 741. The van der Waals surface area contributed by atoms with Crippen molar-refractivity contribution in [2.45, 2.75) is 33.7 Å². The zero-order chi connectivity index (χ0) is 17.3. The number of nitrogens with two attached hydrogens (primary N) is 1. The van der Waals surface area contributed by atoms with Crippen LogP contribution >= 0.6 is 0 Å². The van der Waals surface area contributed by atoms with E-state index in [4.69, 9.17) is 5.73 Å². The van der Waals surface area contributed by atoms with Gasteiger partial charge in [-0.15, -0.1) is 0 Å². The summed E-state index contributed by atoms with van der Waals surface area (Å²) in [5, 5.41) is 9.54. The van der Waals surface area contributed by atoms with E-state index in [2.05, 4.69) is 60.6 Å². The second-order valence-corrected chi connectivity index (χ2v) is 7.34. The predicted octanol–water partition coefficient (Wildman–Crippen LogP) is 3.78. The van der Waals surface area contributed by atoms with E-state index in [1.165, 1.54) is 17.5 Å². The first-order valence-electron chi connectivity index (χ1n) is 8.67. The van der Waals surface area contributed by atoms with E-state index < -0.39 is 0 Å². The molecule has 1 saturated heterocycles. The van der Waals surface area contributed by atoms with Crippen molar-refractivity contribution in [3.05, 3.63) is 47.2 Å². The number of piperidine rings is 1. The Labute approximate surface area is 144 Å². The second-order valence-electron chi connectivity index (χ2n) is 7.34. The van der Waals surface area contributed by atoms with Gasteiger partial charge >= 0.3 is 0 Å². The number of aromatic nitrogens is 1. The number of rotatable bonds is 3. The zero-order valence-electron chi connectivity index (χ0n) is 14.8. The lowest BCUT2D eigenvalue weighted by Crippen LogP contribution is -2.40. The fourth-order valence-electron chi connectivity index (χ4n) is 3.88. The first-order chi connectivity index (χ1) is 11.5. The molecule has 3 rings (SSSR count). The normalized spacial score (nSPS) is 20.8. The molecule has 4 nitrogen and oxygen atoms in total. The maximum atomic E-state index is 9.54. The first-order valence-corrected chi connectivity index (χ1v) is 8.67. The second kappa shape index (κ2) is 6.60. The monoisotopic (exact) mass is 322 g/mol. The molecule has 126 valence electrons. The Morgan fingerprint density at radius 3 is 2.38 bits per heavy atom. The maximum absolute atomic E-state index is 9.54. The molecular formula is C20H26N4. The van der Waals surface area contributed by atoms with E-state index >= 15 is 0 Å². The molecule has 0 aliphatic carbocycles.